The average Bonchev–Trinajstić information content (AvgIpc) is 2.37. The summed E-state index contributed by atoms with van der Waals surface area (Å²) in [6, 6.07) is 6.81. The molecule has 2 aromatic rings. The third kappa shape index (κ3) is 4.12. The molecule has 0 bridgehead atoms. The molecule has 0 aromatic carbocycles. The predicted octanol–water partition coefficient (Wildman–Crippen LogP) is -0.667. The van der Waals surface area contributed by atoms with Crippen LogP contribution in [0.25, 0.3) is 5.65 Å². The van der Waals surface area contributed by atoms with E-state index in [-0.39, 0.29) is 5.56 Å². The van der Waals surface area contributed by atoms with Gasteiger partial charge in [-0.3, -0.25) is 9.20 Å². The predicted molar refractivity (Wildman–Crippen MR) is 76.0 cm³/mol. The maximum absolute atomic E-state index is 11.8. The second-order valence-electron chi connectivity index (χ2n) is 4.36. The van der Waals surface area contributed by atoms with E-state index in [1.807, 2.05) is 6.07 Å². The van der Waals surface area contributed by atoms with Gasteiger partial charge in [0.2, 0.25) is 10.0 Å². The average molecular weight is 296 g/mol. The van der Waals surface area contributed by atoms with Gasteiger partial charge in [0.15, 0.2) is 0 Å². The van der Waals surface area contributed by atoms with Gasteiger partial charge in [-0.15, -0.1) is 0 Å². The maximum Gasteiger partial charge on any atom is 0.258 e. The third-order valence-corrected chi connectivity index (χ3v) is 3.32. The molecule has 2 aromatic heterocycles. The van der Waals surface area contributed by atoms with Crippen LogP contribution >= 0.6 is 0 Å². The normalized spacial score (nSPS) is 11.8. The fourth-order valence-corrected chi connectivity index (χ4v) is 2.21. The molecule has 8 heteroatoms. The first-order chi connectivity index (χ1) is 9.46. The molecule has 2 rings (SSSR count). The van der Waals surface area contributed by atoms with Crippen molar-refractivity contribution >= 4 is 15.7 Å². The minimum absolute atomic E-state index is 0.137. The summed E-state index contributed by atoms with van der Waals surface area (Å²) >= 11 is 0. The van der Waals surface area contributed by atoms with E-state index in [0.29, 0.717) is 31.0 Å². The Morgan fingerprint density at radius 2 is 2.10 bits per heavy atom. The number of rotatable bonds is 6. The Morgan fingerprint density at radius 3 is 2.85 bits per heavy atom. The van der Waals surface area contributed by atoms with Gasteiger partial charge < -0.3 is 5.32 Å². The van der Waals surface area contributed by atoms with Crippen molar-refractivity contribution in [2.75, 3.05) is 19.3 Å². The number of hydrogen-bond donors (Lipinski definition) is 2. The van der Waals surface area contributed by atoms with Crippen molar-refractivity contribution in [3.63, 3.8) is 0 Å². The fourth-order valence-electron chi connectivity index (χ4n) is 1.73. The highest BCUT2D eigenvalue weighted by atomic mass is 32.2. The Hall–Kier alpha value is -1.77. The first-order valence-electron chi connectivity index (χ1n) is 6.08. The van der Waals surface area contributed by atoms with Gasteiger partial charge in [0.1, 0.15) is 5.65 Å². The number of nitrogens with one attached hydrogen (secondary N) is 2. The van der Waals surface area contributed by atoms with E-state index in [4.69, 9.17) is 0 Å². The molecule has 0 fully saturated rings. The van der Waals surface area contributed by atoms with Crippen molar-refractivity contribution in [3.8, 4) is 0 Å². The summed E-state index contributed by atoms with van der Waals surface area (Å²) in [7, 11) is -3.16. The molecule has 0 saturated carbocycles. The molecule has 0 amide bonds. The number of aromatic nitrogens is 2. The van der Waals surface area contributed by atoms with Gasteiger partial charge >= 0.3 is 0 Å². The smallest absolute Gasteiger partial charge is 0.258 e. The second-order valence-corrected chi connectivity index (χ2v) is 6.19. The number of hydrogen-bond acceptors (Lipinski definition) is 5. The fraction of sp³-hybridized carbons (Fsp3) is 0.333. The van der Waals surface area contributed by atoms with Crippen LogP contribution in [0, 0.1) is 0 Å². The van der Waals surface area contributed by atoms with E-state index in [0.717, 1.165) is 6.26 Å². The zero-order valence-electron chi connectivity index (χ0n) is 11.0. The first kappa shape index (κ1) is 14.6. The van der Waals surface area contributed by atoms with Crippen LogP contribution in [0.3, 0.4) is 0 Å². The van der Waals surface area contributed by atoms with Crippen molar-refractivity contribution in [1.29, 1.82) is 0 Å². The Morgan fingerprint density at radius 1 is 1.30 bits per heavy atom. The molecule has 0 radical (unpaired) electrons. The molecule has 0 atom stereocenters. The molecular weight excluding hydrogens is 280 g/mol. The van der Waals surface area contributed by atoms with Gasteiger partial charge in [-0.25, -0.2) is 18.1 Å². The van der Waals surface area contributed by atoms with Crippen molar-refractivity contribution < 1.29 is 8.42 Å². The topological polar surface area (TPSA) is 92.6 Å². The summed E-state index contributed by atoms with van der Waals surface area (Å²) in [4.78, 5) is 16.2. The summed E-state index contributed by atoms with van der Waals surface area (Å²) < 4.78 is 25.6. The quantitative estimate of drug-likeness (QED) is 0.690. The van der Waals surface area contributed by atoms with E-state index in [1.54, 1.807) is 18.3 Å². The summed E-state index contributed by atoms with van der Waals surface area (Å²) in [6.07, 6.45) is 2.77. The molecular formula is C12H16N4O3S. The maximum atomic E-state index is 11.8. The van der Waals surface area contributed by atoms with Gasteiger partial charge in [0.25, 0.3) is 5.56 Å². The molecule has 108 valence electrons. The molecule has 2 N–H and O–H groups in total. The van der Waals surface area contributed by atoms with Crippen molar-refractivity contribution in [1.82, 2.24) is 19.4 Å². The van der Waals surface area contributed by atoms with Crippen LogP contribution in [0.15, 0.2) is 35.3 Å². The highest BCUT2D eigenvalue weighted by molar-refractivity contribution is 7.88. The largest absolute Gasteiger partial charge is 0.310 e. The lowest BCUT2D eigenvalue weighted by atomic mass is 10.3. The summed E-state index contributed by atoms with van der Waals surface area (Å²) in [5, 5.41) is 3.03. The Labute approximate surface area is 116 Å². The summed E-state index contributed by atoms with van der Waals surface area (Å²) in [6.45, 7) is 1.17. The van der Waals surface area contributed by atoms with Gasteiger partial charge in [0, 0.05) is 31.9 Å². The Balaban J connectivity index is 1.95. The summed E-state index contributed by atoms with van der Waals surface area (Å²) in [5.74, 6) is 0. The van der Waals surface area contributed by atoms with Crippen LogP contribution < -0.4 is 15.6 Å². The molecule has 20 heavy (non-hydrogen) atoms. The van der Waals surface area contributed by atoms with Crippen LogP contribution in [-0.2, 0) is 16.6 Å². The van der Waals surface area contributed by atoms with E-state index in [2.05, 4.69) is 15.0 Å². The van der Waals surface area contributed by atoms with Crippen molar-refractivity contribution in [3.05, 3.63) is 46.5 Å². The van der Waals surface area contributed by atoms with Crippen LogP contribution in [0.1, 0.15) is 5.69 Å². The van der Waals surface area contributed by atoms with Crippen LogP contribution in [0.2, 0.25) is 0 Å². The van der Waals surface area contributed by atoms with Gasteiger partial charge in [-0.05, 0) is 12.1 Å². The lowest BCUT2D eigenvalue weighted by Gasteiger charge is -2.06. The van der Waals surface area contributed by atoms with E-state index in [9.17, 15) is 13.2 Å². The minimum atomic E-state index is -3.16. The molecule has 0 saturated heterocycles. The van der Waals surface area contributed by atoms with Crippen molar-refractivity contribution in [2.45, 2.75) is 6.54 Å². The lowest BCUT2D eigenvalue weighted by Crippen LogP contribution is -2.31. The second kappa shape index (κ2) is 6.12. The number of fused-ring (bicyclic) bond motifs is 1. The Kier molecular flexibility index (Phi) is 4.48. The van der Waals surface area contributed by atoms with E-state index >= 15 is 0 Å². The molecule has 0 aliphatic heterocycles. The zero-order valence-corrected chi connectivity index (χ0v) is 11.9. The number of nitrogens with zero attached hydrogens (tertiary/aromatic N) is 2. The van der Waals surface area contributed by atoms with E-state index < -0.39 is 10.0 Å². The van der Waals surface area contributed by atoms with Crippen LogP contribution in [-0.4, -0.2) is 37.1 Å². The van der Waals surface area contributed by atoms with Gasteiger partial charge in [-0.1, -0.05) is 6.07 Å². The van der Waals surface area contributed by atoms with Crippen LogP contribution in [0.5, 0.6) is 0 Å². The molecule has 0 aliphatic rings. The molecule has 7 nitrogen and oxygen atoms in total. The highest BCUT2D eigenvalue weighted by Gasteiger charge is 2.02. The standard InChI is InChI=1S/C12H16N4O3S/c1-20(18,19)14-6-5-13-9-10-8-12(17)16-7-3-2-4-11(16)15-10/h2-4,7-8,13-14H,5-6,9H2,1H3. The van der Waals surface area contributed by atoms with E-state index in [1.165, 1.54) is 10.5 Å². The molecule has 0 unspecified atom stereocenters. The number of pyridine rings is 1. The molecule has 2 heterocycles. The van der Waals surface area contributed by atoms with Crippen molar-refractivity contribution in [2.24, 2.45) is 0 Å². The van der Waals surface area contributed by atoms with Crippen LogP contribution in [0.4, 0.5) is 0 Å². The highest BCUT2D eigenvalue weighted by Crippen LogP contribution is 1.98. The first-order valence-corrected chi connectivity index (χ1v) is 7.97. The Bertz CT molecular complexity index is 755. The molecule has 0 aliphatic carbocycles. The van der Waals surface area contributed by atoms with Gasteiger partial charge in [0.05, 0.1) is 11.9 Å². The molecule has 0 spiro atoms. The minimum Gasteiger partial charge on any atom is -0.310 e. The zero-order chi connectivity index (χ0) is 14.6. The van der Waals surface area contributed by atoms with Gasteiger partial charge in [-0.2, -0.15) is 0 Å². The lowest BCUT2D eigenvalue weighted by molar-refractivity contribution is 0.581. The monoisotopic (exact) mass is 296 g/mol. The SMILES string of the molecule is CS(=O)(=O)NCCNCc1cc(=O)n2ccccc2n1. The number of sulfonamides is 1. The summed E-state index contributed by atoms with van der Waals surface area (Å²) in [5.41, 5.74) is 1.08. The third-order valence-electron chi connectivity index (χ3n) is 2.60.